The average molecular weight is 404 g/mol. The number of carbonyl (C=O) groups is 2. The maximum absolute atomic E-state index is 12.1. The Morgan fingerprint density at radius 2 is 1.76 bits per heavy atom. The van der Waals surface area contributed by atoms with E-state index in [9.17, 15) is 9.59 Å². The van der Waals surface area contributed by atoms with Crippen molar-refractivity contribution in [2.24, 2.45) is 0 Å². The molecule has 0 spiro atoms. The summed E-state index contributed by atoms with van der Waals surface area (Å²) in [5, 5.41) is 19.6. The number of rotatable bonds is 6. The van der Waals surface area contributed by atoms with E-state index in [1.807, 2.05) is 24.3 Å². The number of carbonyl (C=O) groups excluding carboxylic acids is 1. The molecule has 3 rings (SSSR count). The van der Waals surface area contributed by atoms with Gasteiger partial charge < -0.3 is 10.4 Å². The minimum Gasteiger partial charge on any atom is -0.480 e. The first-order chi connectivity index (χ1) is 12.0. The van der Waals surface area contributed by atoms with Gasteiger partial charge in [-0.3, -0.25) is 19.0 Å². The summed E-state index contributed by atoms with van der Waals surface area (Å²) in [6.45, 7) is 0.283. The van der Waals surface area contributed by atoms with Crippen LogP contribution in [0.2, 0.25) is 0 Å². The molecule has 9 heteroatoms. The summed E-state index contributed by atoms with van der Waals surface area (Å²) in [6, 6.07) is 11.0. The monoisotopic (exact) mass is 403 g/mol. The van der Waals surface area contributed by atoms with E-state index in [2.05, 4.69) is 31.4 Å². The molecule has 3 aromatic rings. The number of hydrogen-bond donors (Lipinski definition) is 2. The van der Waals surface area contributed by atoms with Gasteiger partial charge in [0.15, 0.2) is 11.5 Å². The van der Waals surface area contributed by atoms with Gasteiger partial charge in [-0.05, 0) is 23.8 Å². The Bertz CT molecular complexity index is 901. The number of nitrogens with zero attached hydrogens (tertiary/aromatic N) is 4. The maximum Gasteiger partial charge on any atom is 0.325 e. The lowest BCUT2D eigenvalue weighted by Crippen LogP contribution is -2.15. The molecule has 0 aliphatic rings. The number of anilines is 1. The quantitative estimate of drug-likeness (QED) is 0.656. The predicted octanol–water partition coefficient (Wildman–Crippen LogP) is 2.23. The number of aromatic nitrogens is 4. The van der Waals surface area contributed by atoms with Gasteiger partial charge >= 0.3 is 5.97 Å². The summed E-state index contributed by atoms with van der Waals surface area (Å²) in [7, 11) is 0. The molecular weight excluding hydrogens is 390 g/mol. The lowest BCUT2D eigenvalue weighted by molar-refractivity contribution is -0.137. The van der Waals surface area contributed by atoms with E-state index in [1.54, 1.807) is 16.9 Å². The number of carboxylic acid groups (broad SMARTS) is 1. The molecular formula is C16H14BrN5O3. The van der Waals surface area contributed by atoms with Crippen LogP contribution < -0.4 is 5.32 Å². The third-order valence-electron chi connectivity index (χ3n) is 3.31. The van der Waals surface area contributed by atoms with Gasteiger partial charge in [0, 0.05) is 22.9 Å². The number of aliphatic carboxylic acids is 1. The molecule has 0 saturated heterocycles. The Morgan fingerprint density at radius 3 is 2.48 bits per heavy atom. The number of nitrogens with one attached hydrogen (secondary N) is 1. The van der Waals surface area contributed by atoms with Crippen LogP contribution in [0.15, 0.2) is 53.3 Å². The van der Waals surface area contributed by atoms with Crippen molar-refractivity contribution < 1.29 is 14.7 Å². The number of amides is 1. The predicted molar refractivity (Wildman–Crippen MR) is 93.3 cm³/mol. The minimum atomic E-state index is -1.03. The number of benzene rings is 1. The lowest BCUT2D eigenvalue weighted by Gasteiger charge is -2.02. The van der Waals surface area contributed by atoms with E-state index in [-0.39, 0.29) is 12.2 Å². The van der Waals surface area contributed by atoms with E-state index in [1.165, 1.54) is 16.9 Å². The standard InChI is InChI=1S/C16H14BrN5O3/c17-12-3-1-11(2-4-12)9-21-8-6-14(20-21)18-16(25)13-5-7-22(19-13)10-15(23)24/h1-8H,9-10H2,(H,23,24)(H,18,20,25). The molecule has 0 aliphatic carbocycles. The molecule has 128 valence electrons. The molecule has 0 unspecified atom stereocenters. The number of carboxylic acids is 1. The van der Waals surface area contributed by atoms with Crippen LogP contribution in [-0.4, -0.2) is 36.5 Å². The van der Waals surface area contributed by atoms with Gasteiger partial charge in [-0.1, -0.05) is 28.1 Å². The second kappa shape index (κ2) is 7.31. The summed E-state index contributed by atoms with van der Waals surface area (Å²) in [5.41, 5.74) is 1.21. The van der Waals surface area contributed by atoms with Crippen LogP contribution in [0.25, 0.3) is 0 Å². The van der Waals surface area contributed by atoms with Gasteiger partial charge in [0.05, 0.1) is 6.54 Å². The van der Waals surface area contributed by atoms with Crippen molar-refractivity contribution in [3.8, 4) is 0 Å². The second-order valence-corrected chi connectivity index (χ2v) is 6.19. The fourth-order valence-electron chi connectivity index (χ4n) is 2.18. The van der Waals surface area contributed by atoms with Crippen LogP contribution in [0.5, 0.6) is 0 Å². The Hall–Kier alpha value is -2.94. The Kier molecular flexibility index (Phi) is 4.94. The fraction of sp³-hybridized carbons (Fsp3) is 0.125. The van der Waals surface area contributed by atoms with Gasteiger partial charge in [-0.15, -0.1) is 0 Å². The molecule has 0 radical (unpaired) electrons. The molecule has 2 heterocycles. The Labute approximate surface area is 151 Å². The minimum absolute atomic E-state index is 0.128. The van der Waals surface area contributed by atoms with Gasteiger partial charge in [0.1, 0.15) is 6.54 Å². The zero-order valence-electron chi connectivity index (χ0n) is 13.0. The van der Waals surface area contributed by atoms with Crippen molar-refractivity contribution in [1.29, 1.82) is 0 Å². The molecule has 0 aliphatic heterocycles. The zero-order valence-corrected chi connectivity index (χ0v) is 14.5. The van der Waals surface area contributed by atoms with Crippen LogP contribution >= 0.6 is 15.9 Å². The van der Waals surface area contributed by atoms with Crippen LogP contribution in [0.1, 0.15) is 16.1 Å². The highest BCUT2D eigenvalue weighted by molar-refractivity contribution is 9.10. The van der Waals surface area contributed by atoms with Gasteiger partial charge in [-0.2, -0.15) is 10.2 Å². The van der Waals surface area contributed by atoms with E-state index in [0.717, 1.165) is 10.0 Å². The van der Waals surface area contributed by atoms with E-state index >= 15 is 0 Å². The normalized spacial score (nSPS) is 10.6. The summed E-state index contributed by atoms with van der Waals surface area (Å²) in [5.74, 6) is -1.07. The molecule has 1 aromatic carbocycles. The first-order valence-electron chi connectivity index (χ1n) is 7.34. The van der Waals surface area contributed by atoms with Crippen LogP contribution in [-0.2, 0) is 17.9 Å². The summed E-state index contributed by atoms with van der Waals surface area (Å²) in [6.07, 6.45) is 3.20. The molecule has 2 N–H and O–H groups in total. The van der Waals surface area contributed by atoms with Crippen molar-refractivity contribution in [2.45, 2.75) is 13.1 Å². The van der Waals surface area contributed by atoms with Crippen molar-refractivity contribution in [1.82, 2.24) is 19.6 Å². The molecule has 0 saturated carbocycles. The topological polar surface area (TPSA) is 102 Å². The van der Waals surface area contributed by atoms with Gasteiger partial charge in [0.25, 0.3) is 5.91 Å². The van der Waals surface area contributed by atoms with Crippen molar-refractivity contribution in [3.63, 3.8) is 0 Å². The van der Waals surface area contributed by atoms with E-state index in [0.29, 0.717) is 12.4 Å². The molecule has 8 nitrogen and oxygen atoms in total. The van der Waals surface area contributed by atoms with Crippen LogP contribution in [0.4, 0.5) is 5.82 Å². The Balaban J connectivity index is 1.62. The molecule has 2 aromatic heterocycles. The fourth-order valence-corrected chi connectivity index (χ4v) is 2.45. The largest absolute Gasteiger partial charge is 0.480 e. The van der Waals surface area contributed by atoms with Crippen molar-refractivity contribution in [3.05, 3.63) is 64.5 Å². The first-order valence-corrected chi connectivity index (χ1v) is 8.13. The average Bonchev–Trinajstić information content (AvgIpc) is 3.19. The lowest BCUT2D eigenvalue weighted by atomic mass is 10.2. The zero-order chi connectivity index (χ0) is 17.8. The van der Waals surface area contributed by atoms with Gasteiger partial charge in [0.2, 0.25) is 0 Å². The highest BCUT2D eigenvalue weighted by Crippen LogP contribution is 2.12. The number of halogens is 1. The molecule has 1 amide bonds. The van der Waals surface area contributed by atoms with Crippen molar-refractivity contribution in [2.75, 3.05) is 5.32 Å². The SMILES string of the molecule is O=C(O)Cn1ccc(C(=O)Nc2ccn(Cc3ccc(Br)cc3)n2)n1. The van der Waals surface area contributed by atoms with Crippen LogP contribution in [0.3, 0.4) is 0 Å². The highest BCUT2D eigenvalue weighted by Gasteiger charge is 2.12. The summed E-state index contributed by atoms with van der Waals surface area (Å²) >= 11 is 3.39. The van der Waals surface area contributed by atoms with Crippen molar-refractivity contribution >= 4 is 33.6 Å². The number of hydrogen-bond acceptors (Lipinski definition) is 4. The molecule has 0 fully saturated rings. The third kappa shape index (κ3) is 4.54. The van der Waals surface area contributed by atoms with Crippen LogP contribution in [0, 0.1) is 0 Å². The summed E-state index contributed by atoms with van der Waals surface area (Å²) in [4.78, 5) is 22.8. The maximum atomic E-state index is 12.1. The Morgan fingerprint density at radius 1 is 1.04 bits per heavy atom. The highest BCUT2D eigenvalue weighted by atomic mass is 79.9. The third-order valence-corrected chi connectivity index (χ3v) is 3.84. The second-order valence-electron chi connectivity index (χ2n) is 5.27. The van der Waals surface area contributed by atoms with E-state index < -0.39 is 11.9 Å². The van der Waals surface area contributed by atoms with Gasteiger partial charge in [-0.25, -0.2) is 0 Å². The smallest absolute Gasteiger partial charge is 0.325 e. The first kappa shape index (κ1) is 16.9. The molecule has 0 atom stereocenters. The summed E-state index contributed by atoms with van der Waals surface area (Å²) < 4.78 is 3.90. The molecule has 25 heavy (non-hydrogen) atoms. The van der Waals surface area contributed by atoms with E-state index in [4.69, 9.17) is 5.11 Å². The molecule has 0 bridgehead atoms.